The number of pyridine rings is 2. The third-order valence-corrected chi connectivity index (χ3v) is 11.5. The minimum atomic E-state index is -1.23. The molecule has 3 aromatic heterocycles. The molecule has 0 atom stereocenters. The second-order valence-corrected chi connectivity index (χ2v) is 20.5. The van der Waals surface area contributed by atoms with Crippen LogP contribution in [0.3, 0.4) is 0 Å². The van der Waals surface area contributed by atoms with E-state index in [9.17, 15) is 0 Å². The van der Waals surface area contributed by atoms with Gasteiger partial charge in [-0.15, -0.1) is 53.6 Å². The number of hydrogen-bond donors (Lipinski definition) is 0. The number of nitrogens with zero attached hydrogens (tertiary/aromatic N) is 2. The number of aromatic nitrogens is 2. The van der Waals surface area contributed by atoms with E-state index in [0.29, 0.717) is 0 Å². The number of fused-ring (bicyclic) bond motifs is 6. The summed E-state index contributed by atoms with van der Waals surface area (Å²) < 4.78 is 15.1. The van der Waals surface area contributed by atoms with Crippen LogP contribution < -0.4 is 5.19 Å². The van der Waals surface area contributed by atoms with E-state index in [4.69, 9.17) is 5.79 Å². The van der Waals surface area contributed by atoms with E-state index in [1.54, 1.807) is 6.20 Å². The van der Waals surface area contributed by atoms with Crippen molar-refractivity contribution < 1.29 is 25.9 Å². The Bertz CT molecular complexity index is 2520. The van der Waals surface area contributed by atoms with Crippen molar-refractivity contribution in [1.29, 1.82) is 0 Å². The zero-order valence-corrected chi connectivity index (χ0v) is 34.0. The minimum absolute atomic E-state index is 0. The standard InChI is InChI=1S/C32H28NO.C14H16NSi.Ir/c1-19(2)21-14-15-33-28(17-21)24-12-13-27(32(3,4)5)30-26-16-22-11-10-20-8-6-7-9-23(20)25(22)18-29(26)34-31(24)30;1-16(2,3)13-9-10-14(15-11-13)12-7-5-4-6-8-12;/h6-11,13-19H,1-5H3;4-7,9-11H,1-3H3;/q2*-1;/i19D;;. The van der Waals surface area contributed by atoms with Crippen LogP contribution in [0.4, 0.5) is 0 Å². The van der Waals surface area contributed by atoms with Crippen molar-refractivity contribution >= 4 is 56.7 Å². The topological polar surface area (TPSA) is 38.9 Å². The van der Waals surface area contributed by atoms with Crippen LogP contribution >= 0.6 is 0 Å². The first-order valence-electron chi connectivity index (χ1n) is 17.8. The van der Waals surface area contributed by atoms with Gasteiger partial charge in [0.25, 0.3) is 0 Å². The van der Waals surface area contributed by atoms with Crippen molar-refractivity contribution in [2.45, 2.75) is 65.6 Å². The Morgan fingerprint density at radius 2 is 1.53 bits per heavy atom. The molecule has 0 unspecified atom stereocenters. The van der Waals surface area contributed by atoms with Gasteiger partial charge in [0.2, 0.25) is 0 Å². The minimum Gasteiger partial charge on any atom is -0.501 e. The second kappa shape index (κ2) is 14.3. The summed E-state index contributed by atoms with van der Waals surface area (Å²) in [5.41, 5.74) is 7.38. The first kappa shape index (κ1) is 35.0. The fourth-order valence-corrected chi connectivity index (χ4v) is 7.57. The quantitative estimate of drug-likeness (QED) is 0.101. The molecule has 0 amide bonds. The van der Waals surface area contributed by atoms with Gasteiger partial charge in [-0.1, -0.05) is 125 Å². The van der Waals surface area contributed by atoms with E-state index in [-0.39, 0.29) is 25.5 Å². The molecule has 5 aromatic carbocycles. The summed E-state index contributed by atoms with van der Waals surface area (Å²) >= 11 is 0. The van der Waals surface area contributed by atoms with Crippen molar-refractivity contribution in [3.8, 4) is 22.5 Å². The fourth-order valence-electron chi connectivity index (χ4n) is 6.53. The van der Waals surface area contributed by atoms with Crippen LogP contribution in [0.1, 0.15) is 53.0 Å². The van der Waals surface area contributed by atoms with Crippen molar-refractivity contribution in [1.82, 2.24) is 9.97 Å². The number of furan rings is 1. The van der Waals surface area contributed by atoms with Crippen molar-refractivity contribution in [2.24, 2.45) is 0 Å². The van der Waals surface area contributed by atoms with Crippen LogP contribution in [0.25, 0.3) is 66.0 Å². The summed E-state index contributed by atoms with van der Waals surface area (Å²) in [6.07, 6.45) is 3.80. The van der Waals surface area contributed by atoms with Gasteiger partial charge in [0.05, 0.1) is 13.7 Å². The Morgan fingerprint density at radius 3 is 2.22 bits per heavy atom. The predicted octanol–water partition coefficient (Wildman–Crippen LogP) is 12.3. The average Bonchev–Trinajstić information content (AvgIpc) is 3.48. The van der Waals surface area contributed by atoms with E-state index < -0.39 is 14.0 Å². The van der Waals surface area contributed by atoms with Gasteiger partial charge in [-0.05, 0) is 67.6 Å². The smallest absolute Gasteiger partial charge is 0.121 e. The van der Waals surface area contributed by atoms with Crippen LogP contribution in [0.2, 0.25) is 19.6 Å². The molecule has 8 aromatic rings. The molecule has 0 spiro atoms. The SMILES string of the molecule is C[Si](C)(C)c1ccc(-c2[c-]cccc2)nc1.[2H]C(C)(C)c1ccnc(-c2[c-]cc(C(C)(C)C)c3c2oc2cc4c(ccc5ccccc54)cc23)c1.[Ir]. The van der Waals surface area contributed by atoms with Gasteiger partial charge < -0.3 is 14.4 Å². The third-order valence-electron chi connectivity index (χ3n) is 9.43. The molecule has 51 heavy (non-hydrogen) atoms. The largest absolute Gasteiger partial charge is 0.501 e. The molecule has 0 aliphatic carbocycles. The van der Waals surface area contributed by atoms with E-state index in [1.165, 1.54) is 32.3 Å². The van der Waals surface area contributed by atoms with Crippen molar-refractivity contribution in [2.75, 3.05) is 0 Å². The summed E-state index contributed by atoms with van der Waals surface area (Å²) in [7, 11) is -1.23. The number of hydrogen-bond acceptors (Lipinski definition) is 3. The van der Waals surface area contributed by atoms with E-state index in [2.05, 4.69) is 129 Å². The van der Waals surface area contributed by atoms with E-state index in [0.717, 1.165) is 50.0 Å². The second-order valence-electron chi connectivity index (χ2n) is 15.4. The molecule has 3 heterocycles. The molecule has 0 bridgehead atoms. The van der Waals surface area contributed by atoms with Crippen LogP contribution in [0, 0.1) is 12.1 Å². The zero-order valence-electron chi connectivity index (χ0n) is 31.6. The van der Waals surface area contributed by atoms with Gasteiger partial charge in [-0.2, -0.15) is 0 Å². The van der Waals surface area contributed by atoms with Gasteiger partial charge in [0.15, 0.2) is 0 Å². The van der Waals surface area contributed by atoms with Crippen LogP contribution in [-0.2, 0) is 25.5 Å². The molecular weight excluding hydrogens is 817 g/mol. The van der Waals surface area contributed by atoms with Crippen molar-refractivity contribution in [3.05, 3.63) is 139 Å². The molecule has 0 saturated carbocycles. The van der Waals surface area contributed by atoms with E-state index >= 15 is 0 Å². The van der Waals surface area contributed by atoms with Crippen LogP contribution in [-0.4, -0.2) is 18.0 Å². The summed E-state index contributed by atoms with van der Waals surface area (Å²) in [5.74, 6) is -0.713. The summed E-state index contributed by atoms with van der Waals surface area (Å²) in [4.78, 5) is 9.18. The maximum atomic E-state index is 8.49. The summed E-state index contributed by atoms with van der Waals surface area (Å²) in [5, 5.41) is 8.46. The van der Waals surface area contributed by atoms with Gasteiger partial charge in [-0.3, -0.25) is 0 Å². The molecule has 0 fully saturated rings. The molecule has 3 nitrogen and oxygen atoms in total. The fraction of sp³-hybridized carbons (Fsp3) is 0.217. The molecule has 259 valence electrons. The Kier molecular flexibility index (Phi) is 9.82. The zero-order chi connectivity index (χ0) is 36.1. The Morgan fingerprint density at radius 1 is 0.765 bits per heavy atom. The third kappa shape index (κ3) is 7.34. The average molecular weight is 862 g/mol. The Labute approximate surface area is 317 Å². The molecule has 0 aliphatic rings. The molecular formula is C46H44IrN2OSi-2. The molecule has 0 aliphatic heterocycles. The first-order valence-corrected chi connectivity index (χ1v) is 20.8. The normalized spacial score (nSPS) is 12.4. The summed E-state index contributed by atoms with van der Waals surface area (Å²) in [6, 6.07) is 42.2. The Balaban J connectivity index is 0.000000230. The number of benzene rings is 5. The van der Waals surface area contributed by atoms with Gasteiger partial charge >= 0.3 is 0 Å². The Hall–Kier alpha value is -4.41. The van der Waals surface area contributed by atoms with E-state index in [1.807, 2.05) is 56.4 Å². The maximum Gasteiger partial charge on any atom is 0.121 e. The molecule has 0 N–H and O–H groups in total. The molecule has 8 rings (SSSR count). The monoisotopic (exact) mass is 862 g/mol. The predicted molar refractivity (Wildman–Crippen MR) is 215 cm³/mol. The maximum absolute atomic E-state index is 8.49. The van der Waals surface area contributed by atoms with Gasteiger partial charge in [-0.25, -0.2) is 0 Å². The molecule has 1 radical (unpaired) electrons. The molecule has 5 heteroatoms. The van der Waals surface area contributed by atoms with Crippen LogP contribution in [0.5, 0.6) is 0 Å². The summed E-state index contributed by atoms with van der Waals surface area (Å²) in [6.45, 7) is 17.5. The van der Waals surface area contributed by atoms with Gasteiger partial charge in [0.1, 0.15) is 5.58 Å². The number of rotatable bonds is 4. The van der Waals surface area contributed by atoms with Crippen LogP contribution in [0.15, 0.2) is 120 Å². The molecule has 0 saturated heterocycles. The van der Waals surface area contributed by atoms with Crippen molar-refractivity contribution in [3.63, 3.8) is 0 Å². The van der Waals surface area contributed by atoms with Gasteiger partial charge in [0, 0.05) is 39.3 Å². The first-order chi connectivity index (χ1) is 24.2.